The van der Waals surface area contributed by atoms with Gasteiger partial charge in [0.2, 0.25) is 0 Å². The van der Waals surface area contributed by atoms with E-state index in [4.69, 9.17) is 5.26 Å². The van der Waals surface area contributed by atoms with Crippen LogP contribution in [0.1, 0.15) is 26.0 Å². The Morgan fingerprint density at radius 1 is 1.63 bits per heavy atom. The number of nitrogens with zero attached hydrogens (tertiary/aromatic N) is 3. The number of hydrogen-bond acceptors (Lipinski definition) is 6. The van der Waals surface area contributed by atoms with Crippen LogP contribution in [0.2, 0.25) is 0 Å². The third kappa shape index (κ3) is 5.26. The third-order valence-corrected chi connectivity index (χ3v) is 3.39. The molecule has 0 fully saturated rings. The van der Waals surface area contributed by atoms with Crippen LogP contribution in [0, 0.1) is 17.2 Å². The van der Waals surface area contributed by atoms with E-state index in [2.05, 4.69) is 34.5 Å². The van der Waals surface area contributed by atoms with Gasteiger partial charge >= 0.3 is 5.97 Å². The highest BCUT2D eigenvalue weighted by atomic mass is 32.1. The number of nitriles is 1. The minimum Gasteiger partial charge on any atom is -0.469 e. The number of anilines is 1. The standard InChI is InChI=1S/C13H19N3O2S/c1-10(2)8-16(6-4-5-14)13-15-11(9-19-13)7-12(17)18-3/h9-10H,4,6-8H2,1-3H3. The maximum Gasteiger partial charge on any atom is 0.311 e. The van der Waals surface area contributed by atoms with Crippen molar-refractivity contribution >= 4 is 22.4 Å². The van der Waals surface area contributed by atoms with Crippen molar-refractivity contribution in [1.82, 2.24) is 4.98 Å². The SMILES string of the molecule is COC(=O)Cc1csc(N(CCC#N)CC(C)C)n1. The fourth-order valence-electron chi connectivity index (χ4n) is 1.63. The first-order chi connectivity index (χ1) is 9.06. The van der Waals surface area contributed by atoms with Gasteiger partial charge in [-0.05, 0) is 5.92 Å². The van der Waals surface area contributed by atoms with Gasteiger partial charge in [0.05, 0.1) is 31.7 Å². The summed E-state index contributed by atoms with van der Waals surface area (Å²) in [6.45, 7) is 5.78. The van der Waals surface area contributed by atoms with Crippen LogP contribution >= 0.6 is 11.3 Å². The van der Waals surface area contributed by atoms with Crippen molar-refractivity contribution in [3.05, 3.63) is 11.1 Å². The molecule has 0 aliphatic heterocycles. The number of esters is 1. The molecule has 0 aliphatic carbocycles. The second-order valence-electron chi connectivity index (χ2n) is 4.62. The van der Waals surface area contributed by atoms with Gasteiger partial charge in [0, 0.05) is 18.5 Å². The summed E-state index contributed by atoms with van der Waals surface area (Å²) in [5.41, 5.74) is 0.720. The van der Waals surface area contributed by atoms with Crippen LogP contribution < -0.4 is 4.90 Å². The zero-order valence-electron chi connectivity index (χ0n) is 11.5. The zero-order valence-corrected chi connectivity index (χ0v) is 12.4. The Kier molecular flexibility index (Phi) is 6.30. The van der Waals surface area contributed by atoms with Gasteiger partial charge in [0.25, 0.3) is 0 Å². The maximum absolute atomic E-state index is 11.2. The number of carbonyl (C=O) groups is 1. The van der Waals surface area contributed by atoms with Crippen molar-refractivity contribution in [3.8, 4) is 6.07 Å². The summed E-state index contributed by atoms with van der Waals surface area (Å²) in [6.07, 6.45) is 0.666. The minimum atomic E-state index is -0.288. The number of ether oxygens (including phenoxy) is 1. The molecule has 0 atom stereocenters. The van der Waals surface area contributed by atoms with Crippen LogP contribution in [0.3, 0.4) is 0 Å². The monoisotopic (exact) mass is 281 g/mol. The first kappa shape index (κ1) is 15.4. The Balaban J connectivity index is 2.73. The van der Waals surface area contributed by atoms with Crippen molar-refractivity contribution < 1.29 is 9.53 Å². The Bertz CT molecular complexity index is 451. The molecule has 0 saturated heterocycles. The molecule has 1 aromatic heterocycles. The van der Waals surface area contributed by atoms with Gasteiger partial charge in [-0.1, -0.05) is 13.8 Å². The predicted molar refractivity (Wildman–Crippen MR) is 75.1 cm³/mol. The predicted octanol–water partition coefficient (Wildman–Crippen LogP) is 2.23. The molecule has 6 heteroatoms. The molecule has 0 spiro atoms. The second kappa shape index (κ2) is 7.74. The van der Waals surface area contributed by atoms with E-state index in [9.17, 15) is 4.79 Å². The molecule has 0 bridgehead atoms. The molecule has 0 amide bonds. The van der Waals surface area contributed by atoms with E-state index >= 15 is 0 Å². The van der Waals surface area contributed by atoms with E-state index in [-0.39, 0.29) is 12.4 Å². The van der Waals surface area contributed by atoms with E-state index in [0.717, 1.165) is 17.4 Å². The summed E-state index contributed by atoms with van der Waals surface area (Å²) in [5.74, 6) is 0.205. The molecular formula is C13H19N3O2S. The Morgan fingerprint density at radius 3 is 2.95 bits per heavy atom. The molecule has 0 radical (unpaired) electrons. The first-order valence-electron chi connectivity index (χ1n) is 6.20. The lowest BCUT2D eigenvalue weighted by atomic mass is 10.2. The molecule has 0 unspecified atom stereocenters. The number of aromatic nitrogens is 1. The van der Waals surface area contributed by atoms with Crippen molar-refractivity contribution in [1.29, 1.82) is 5.26 Å². The molecule has 1 heterocycles. The zero-order chi connectivity index (χ0) is 14.3. The quantitative estimate of drug-likeness (QED) is 0.717. The molecule has 0 aromatic carbocycles. The lowest BCUT2D eigenvalue weighted by Crippen LogP contribution is -2.28. The van der Waals surface area contributed by atoms with Crippen LogP contribution in [-0.4, -0.2) is 31.2 Å². The van der Waals surface area contributed by atoms with Crippen LogP contribution in [-0.2, 0) is 16.0 Å². The summed E-state index contributed by atoms with van der Waals surface area (Å²) in [6, 6.07) is 2.15. The molecule has 0 N–H and O–H groups in total. The molecule has 19 heavy (non-hydrogen) atoms. The van der Waals surface area contributed by atoms with E-state index < -0.39 is 0 Å². The number of carbonyl (C=O) groups excluding carboxylic acids is 1. The van der Waals surface area contributed by atoms with E-state index in [1.807, 2.05) is 5.38 Å². The van der Waals surface area contributed by atoms with Crippen LogP contribution in [0.5, 0.6) is 0 Å². The van der Waals surface area contributed by atoms with Gasteiger partial charge in [-0.25, -0.2) is 4.98 Å². The van der Waals surface area contributed by atoms with Gasteiger partial charge in [0.15, 0.2) is 5.13 Å². The van der Waals surface area contributed by atoms with Gasteiger partial charge < -0.3 is 9.64 Å². The first-order valence-corrected chi connectivity index (χ1v) is 7.08. The topological polar surface area (TPSA) is 66.2 Å². The molecule has 1 aromatic rings. The highest BCUT2D eigenvalue weighted by molar-refractivity contribution is 7.13. The summed E-state index contributed by atoms with van der Waals surface area (Å²) >= 11 is 1.50. The lowest BCUT2D eigenvalue weighted by Gasteiger charge is -2.22. The lowest BCUT2D eigenvalue weighted by molar-refractivity contribution is -0.139. The smallest absolute Gasteiger partial charge is 0.311 e. The van der Waals surface area contributed by atoms with Gasteiger partial charge in [-0.2, -0.15) is 5.26 Å². The summed E-state index contributed by atoms with van der Waals surface area (Å²) < 4.78 is 4.62. The molecule has 104 valence electrons. The normalized spacial score (nSPS) is 10.3. The number of methoxy groups -OCH3 is 1. The highest BCUT2D eigenvalue weighted by Gasteiger charge is 2.14. The maximum atomic E-state index is 11.2. The molecule has 0 saturated carbocycles. The summed E-state index contributed by atoms with van der Waals surface area (Å²) in [4.78, 5) is 17.7. The van der Waals surface area contributed by atoms with Gasteiger partial charge in [-0.15, -0.1) is 11.3 Å². The fraction of sp³-hybridized carbons (Fsp3) is 0.615. The van der Waals surface area contributed by atoms with Gasteiger partial charge in [0.1, 0.15) is 0 Å². The summed E-state index contributed by atoms with van der Waals surface area (Å²) in [7, 11) is 1.37. The number of hydrogen-bond donors (Lipinski definition) is 0. The average molecular weight is 281 g/mol. The minimum absolute atomic E-state index is 0.195. The molecule has 5 nitrogen and oxygen atoms in total. The van der Waals surface area contributed by atoms with Crippen molar-refractivity contribution in [2.75, 3.05) is 25.1 Å². The van der Waals surface area contributed by atoms with Crippen molar-refractivity contribution in [3.63, 3.8) is 0 Å². The Hall–Kier alpha value is -1.61. The van der Waals surface area contributed by atoms with E-state index in [0.29, 0.717) is 18.9 Å². The van der Waals surface area contributed by atoms with Crippen LogP contribution in [0.15, 0.2) is 5.38 Å². The third-order valence-electron chi connectivity index (χ3n) is 2.44. The second-order valence-corrected chi connectivity index (χ2v) is 5.46. The average Bonchev–Trinajstić information content (AvgIpc) is 2.82. The molecule has 0 aliphatic rings. The molecular weight excluding hydrogens is 262 g/mol. The molecule has 1 rings (SSSR count). The summed E-state index contributed by atoms with van der Waals surface area (Å²) in [5, 5.41) is 11.4. The Labute approximate surface area is 117 Å². The Morgan fingerprint density at radius 2 is 2.37 bits per heavy atom. The van der Waals surface area contributed by atoms with Crippen molar-refractivity contribution in [2.24, 2.45) is 5.92 Å². The highest BCUT2D eigenvalue weighted by Crippen LogP contribution is 2.22. The number of thiazole rings is 1. The fourth-order valence-corrected chi connectivity index (χ4v) is 2.50. The van der Waals surface area contributed by atoms with E-state index in [1.54, 1.807) is 0 Å². The largest absolute Gasteiger partial charge is 0.469 e. The van der Waals surface area contributed by atoms with Crippen LogP contribution in [0.25, 0.3) is 0 Å². The van der Waals surface area contributed by atoms with E-state index in [1.165, 1.54) is 18.4 Å². The van der Waals surface area contributed by atoms with Gasteiger partial charge in [-0.3, -0.25) is 4.79 Å². The van der Waals surface area contributed by atoms with Crippen molar-refractivity contribution in [2.45, 2.75) is 26.7 Å². The van der Waals surface area contributed by atoms with Crippen LogP contribution in [0.4, 0.5) is 5.13 Å². The number of rotatable bonds is 7.